The number of carbonyl (C=O) groups excluding carboxylic acids is 1. The van der Waals surface area contributed by atoms with Gasteiger partial charge in [-0.15, -0.1) is 0 Å². The second-order valence-electron chi connectivity index (χ2n) is 10.6. The molecule has 1 aromatic carbocycles. The molecule has 0 aliphatic heterocycles. The number of aromatic amines is 1. The molecular weight excluding hydrogens is 566 g/mol. The second kappa shape index (κ2) is 10.9. The lowest BCUT2D eigenvalue weighted by Crippen LogP contribution is -2.53. The Morgan fingerprint density at radius 2 is 1.69 bits per heavy atom. The molecule has 222 valence electrons. The highest BCUT2D eigenvalue weighted by molar-refractivity contribution is 6.01. The largest absolute Gasteiger partial charge is 0.430 e. The van der Waals surface area contributed by atoms with Gasteiger partial charge in [0.2, 0.25) is 5.91 Å². The molecule has 3 heterocycles. The van der Waals surface area contributed by atoms with Crippen molar-refractivity contribution in [2.24, 2.45) is 11.8 Å². The molecule has 3 aromatic heterocycles. The Kier molecular flexibility index (Phi) is 7.65. The van der Waals surface area contributed by atoms with Crippen LogP contribution < -0.4 is 5.32 Å². The number of halogens is 6. The highest BCUT2D eigenvalue weighted by Gasteiger charge is 2.71. The zero-order chi connectivity index (χ0) is 30.3. The Bertz CT molecular complexity index is 1610. The van der Waals surface area contributed by atoms with Crippen molar-refractivity contribution in [3.05, 3.63) is 54.1 Å². The summed E-state index contributed by atoms with van der Waals surface area (Å²) in [5.74, 6) is 0.496. The van der Waals surface area contributed by atoms with Crippen LogP contribution in [0.5, 0.6) is 0 Å². The molecule has 14 heteroatoms. The predicted molar refractivity (Wildman–Crippen MR) is 140 cm³/mol. The maximum Gasteiger partial charge on any atom is 0.430 e. The summed E-state index contributed by atoms with van der Waals surface area (Å²) < 4.78 is 81.1. The number of carbonyl (C=O) groups is 1. The van der Waals surface area contributed by atoms with Gasteiger partial charge in [0.25, 0.3) is 5.60 Å². The molecule has 1 aliphatic rings. The van der Waals surface area contributed by atoms with Crippen LogP contribution in [0, 0.1) is 23.2 Å². The first-order chi connectivity index (χ1) is 19.8. The number of H-pyrrole nitrogens is 1. The third kappa shape index (κ3) is 5.40. The molecule has 4 aromatic rings. The number of fused-ring (bicyclic) bond motifs is 3. The molecule has 1 amide bonds. The van der Waals surface area contributed by atoms with E-state index in [2.05, 4.69) is 26.3 Å². The molecule has 5 rings (SSSR count). The fraction of sp³-hybridized carbons (Fsp3) is 0.429. The number of rotatable bonds is 7. The van der Waals surface area contributed by atoms with E-state index in [-0.39, 0.29) is 18.0 Å². The van der Waals surface area contributed by atoms with E-state index in [0.29, 0.717) is 48.0 Å². The monoisotopic (exact) mass is 592 g/mol. The van der Waals surface area contributed by atoms with Crippen molar-refractivity contribution in [2.75, 3.05) is 5.32 Å². The van der Waals surface area contributed by atoms with Crippen molar-refractivity contribution in [2.45, 2.75) is 63.0 Å². The number of aliphatic hydroxyl groups is 1. The van der Waals surface area contributed by atoms with Crippen LogP contribution in [0.15, 0.2) is 42.7 Å². The van der Waals surface area contributed by atoms with Gasteiger partial charge < -0.3 is 20.0 Å². The van der Waals surface area contributed by atoms with Gasteiger partial charge in [0.1, 0.15) is 17.0 Å². The molecular formula is C28H26F6N6O2. The molecule has 1 saturated carbocycles. The number of alkyl halides is 6. The van der Waals surface area contributed by atoms with Crippen LogP contribution in [0.3, 0.4) is 0 Å². The summed E-state index contributed by atoms with van der Waals surface area (Å²) >= 11 is 0. The quantitative estimate of drug-likeness (QED) is 0.223. The molecule has 0 atom stereocenters. The van der Waals surface area contributed by atoms with Gasteiger partial charge in [0, 0.05) is 35.8 Å². The van der Waals surface area contributed by atoms with Crippen molar-refractivity contribution in [1.82, 2.24) is 19.5 Å². The summed E-state index contributed by atoms with van der Waals surface area (Å²) in [6, 6.07) is 6.78. The minimum absolute atomic E-state index is 0.0522. The number of benzene rings is 1. The Labute approximate surface area is 235 Å². The van der Waals surface area contributed by atoms with Crippen LogP contribution in [0.1, 0.15) is 43.5 Å². The molecule has 0 saturated heterocycles. The van der Waals surface area contributed by atoms with Crippen LogP contribution in [-0.2, 0) is 23.4 Å². The van der Waals surface area contributed by atoms with Gasteiger partial charge in [0.15, 0.2) is 0 Å². The number of pyridine rings is 1. The lowest BCUT2D eigenvalue weighted by molar-refractivity contribution is -0.376. The van der Waals surface area contributed by atoms with E-state index in [9.17, 15) is 36.2 Å². The van der Waals surface area contributed by atoms with Crippen LogP contribution in [0.2, 0.25) is 0 Å². The van der Waals surface area contributed by atoms with Crippen LogP contribution in [0.25, 0.3) is 22.1 Å². The molecule has 1 fully saturated rings. The minimum atomic E-state index is -6.01. The normalized spacial score (nSPS) is 18.3. The number of nitrogens with zero attached hydrogens (tertiary/aromatic N) is 4. The lowest BCUT2D eigenvalue weighted by atomic mass is 9.80. The smallest absolute Gasteiger partial charge is 0.369 e. The van der Waals surface area contributed by atoms with Crippen LogP contribution >= 0.6 is 0 Å². The highest BCUT2D eigenvalue weighted by atomic mass is 19.4. The summed E-state index contributed by atoms with van der Waals surface area (Å²) in [5.41, 5.74) is -4.51. The zero-order valence-corrected chi connectivity index (χ0v) is 22.1. The minimum Gasteiger partial charge on any atom is -0.369 e. The van der Waals surface area contributed by atoms with Gasteiger partial charge >= 0.3 is 12.4 Å². The number of aromatic nitrogens is 4. The molecule has 3 N–H and O–H groups in total. The third-order valence-corrected chi connectivity index (χ3v) is 7.88. The van der Waals surface area contributed by atoms with Crippen LogP contribution in [0.4, 0.5) is 32.0 Å². The third-order valence-electron chi connectivity index (χ3n) is 7.88. The average Bonchev–Trinajstić information content (AvgIpc) is 3.53. The van der Waals surface area contributed by atoms with Gasteiger partial charge in [-0.3, -0.25) is 4.79 Å². The second-order valence-corrected chi connectivity index (χ2v) is 10.6. The predicted octanol–water partition coefficient (Wildman–Crippen LogP) is 6.13. The number of hydrogen-bond donors (Lipinski definition) is 3. The molecule has 0 spiro atoms. The average molecular weight is 593 g/mol. The number of nitrogens with one attached hydrogen (secondary N) is 2. The topological polar surface area (TPSA) is 120 Å². The molecule has 8 nitrogen and oxygen atoms in total. The standard InChI is InChI=1S/C28H26F6N6O2/c29-27(30,31)26(42,28(32,33)34)18-5-7-19(8-6-18)38-23(41)13-22-39-21-14-37-25-20(10-12-36-25)24(21)40(22)15-17-3-1-16(2-4-17)9-11-35/h5-8,10,12,14,16-17,42H,1-4,9,13,15H2,(H,36,37)(H,38,41). The van der Waals surface area contributed by atoms with E-state index in [0.717, 1.165) is 48.7 Å². The number of nitriles is 1. The van der Waals surface area contributed by atoms with Crippen molar-refractivity contribution in [1.29, 1.82) is 5.26 Å². The lowest BCUT2D eigenvalue weighted by Gasteiger charge is -2.32. The molecule has 42 heavy (non-hydrogen) atoms. The molecule has 0 radical (unpaired) electrons. The molecule has 1 aliphatic carbocycles. The fourth-order valence-corrected chi connectivity index (χ4v) is 5.65. The highest BCUT2D eigenvalue weighted by Crippen LogP contribution is 2.50. The van der Waals surface area contributed by atoms with Gasteiger partial charge in [-0.1, -0.05) is 12.1 Å². The maximum absolute atomic E-state index is 13.2. The summed E-state index contributed by atoms with van der Waals surface area (Å²) in [6.45, 7) is 0.574. The fourth-order valence-electron chi connectivity index (χ4n) is 5.65. The van der Waals surface area contributed by atoms with E-state index < -0.39 is 29.4 Å². The maximum atomic E-state index is 13.2. The zero-order valence-electron chi connectivity index (χ0n) is 22.1. The van der Waals surface area contributed by atoms with Crippen molar-refractivity contribution in [3.8, 4) is 6.07 Å². The Morgan fingerprint density at radius 3 is 2.31 bits per heavy atom. The number of amides is 1. The Balaban J connectivity index is 1.38. The van der Waals surface area contributed by atoms with E-state index in [1.54, 1.807) is 12.4 Å². The van der Waals surface area contributed by atoms with Gasteiger partial charge in [-0.2, -0.15) is 31.6 Å². The van der Waals surface area contributed by atoms with E-state index in [4.69, 9.17) is 5.26 Å². The number of anilines is 1. The summed E-state index contributed by atoms with van der Waals surface area (Å²) in [7, 11) is 0. The van der Waals surface area contributed by atoms with E-state index in [1.165, 1.54) is 0 Å². The van der Waals surface area contributed by atoms with E-state index in [1.807, 2.05) is 10.6 Å². The summed E-state index contributed by atoms with van der Waals surface area (Å²) in [4.78, 5) is 25.1. The molecule has 0 bridgehead atoms. The van der Waals surface area contributed by atoms with Crippen LogP contribution in [-0.4, -0.2) is 42.9 Å². The summed E-state index contributed by atoms with van der Waals surface area (Å²) in [5, 5.41) is 21.9. The Hall–Kier alpha value is -4.12. The van der Waals surface area contributed by atoms with Crippen molar-refractivity contribution >= 4 is 33.7 Å². The number of imidazole rings is 1. The van der Waals surface area contributed by atoms with Gasteiger partial charge in [0.05, 0.1) is 24.2 Å². The van der Waals surface area contributed by atoms with E-state index >= 15 is 0 Å². The first-order valence-electron chi connectivity index (χ1n) is 13.3. The molecule has 0 unspecified atom stereocenters. The summed E-state index contributed by atoms with van der Waals surface area (Å²) in [6.07, 6.45) is -4.71. The first-order valence-corrected chi connectivity index (χ1v) is 13.3. The Morgan fingerprint density at radius 1 is 1.05 bits per heavy atom. The van der Waals surface area contributed by atoms with Gasteiger partial charge in [-0.05, 0) is 55.7 Å². The van der Waals surface area contributed by atoms with Crippen molar-refractivity contribution in [3.63, 3.8) is 0 Å². The first kappa shape index (κ1) is 29.4. The number of hydrogen-bond acceptors (Lipinski definition) is 5. The SMILES string of the molecule is N#CCC1CCC(Cn2c(CC(=O)Nc3ccc(C(O)(C(F)(F)F)C(F)(F)F)cc3)nc3cnc4[nH]ccc4c32)CC1. The van der Waals surface area contributed by atoms with Crippen molar-refractivity contribution < 1.29 is 36.2 Å². The van der Waals surface area contributed by atoms with Gasteiger partial charge in [-0.25, -0.2) is 9.97 Å².